The Kier molecular flexibility index (Phi) is 6.25. The summed E-state index contributed by atoms with van der Waals surface area (Å²) in [5.74, 6) is 0. The third-order valence-corrected chi connectivity index (χ3v) is 5.00. The molecule has 0 N–H and O–H groups in total. The molecular formula is C25H28O. The van der Waals surface area contributed by atoms with Crippen molar-refractivity contribution >= 4 is 0 Å². The molecule has 0 heterocycles. The molecule has 0 radical (unpaired) electrons. The lowest BCUT2D eigenvalue weighted by atomic mass is 9.66. The molecule has 1 atom stereocenters. The zero-order chi connectivity index (χ0) is 18.2. The summed E-state index contributed by atoms with van der Waals surface area (Å²) in [5.41, 5.74) is 3.70. The molecule has 0 saturated heterocycles. The minimum absolute atomic E-state index is 0.163. The van der Waals surface area contributed by atoms with E-state index in [1.54, 1.807) is 0 Å². The predicted molar refractivity (Wildman–Crippen MR) is 110 cm³/mol. The van der Waals surface area contributed by atoms with Gasteiger partial charge in [0, 0.05) is 12.0 Å². The van der Waals surface area contributed by atoms with E-state index in [0.29, 0.717) is 0 Å². The van der Waals surface area contributed by atoms with Gasteiger partial charge in [-0.3, -0.25) is 0 Å². The van der Waals surface area contributed by atoms with Crippen LogP contribution in [0.3, 0.4) is 0 Å². The molecule has 1 unspecified atom stereocenters. The van der Waals surface area contributed by atoms with Gasteiger partial charge in [0.25, 0.3) is 0 Å². The lowest BCUT2D eigenvalue weighted by Gasteiger charge is -2.38. The first-order valence-corrected chi connectivity index (χ1v) is 9.55. The summed E-state index contributed by atoms with van der Waals surface area (Å²) in [5, 5.41) is 0. The highest BCUT2D eigenvalue weighted by Gasteiger charge is 2.37. The van der Waals surface area contributed by atoms with E-state index in [2.05, 4.69) is 105 Å². The molecule has 3 aromatic rings. The second kappa shape index (κ2) is 8.82. The summed E-state index contributed by atoms with van der Waals surface area (Å²) in [6.45, 7) is 5.15. The summed E-state index contributed by atoms with van der Waals surface area (Å²) < 4.78 is 6.11. The quantitative estimate of drug-likeness (QED) is 0.440. The Labute approximate surface area is 157 Å². The van der Waals surface area contributed by atoms with Gasteiger partial charge in [0.15, 0.2) is 0 Å². The van der Waals surface area contributed by atoms with Crippen LogP contribution in [0.5, 0.6) is 0 Å². The fourth-order valence-corrected chi connectivity index (χ4v) is 3.83. The maximum Gasteiger partial charge on any atom is 0.0562 e. The highest BCUT2D eigenvalue weighted by Crippen LogP contribution is 2.43. The van der Waals surface area contributed by atoms with E-state index in [1.165, 1.54) is 16.7 Å². The van der Waals surface area contributed by atoms with Crippen LogP contribution in [0.25, 0.3) is 0 Å². The van der Waals surface area contributed by atoms with Crippen molar-refractivity contribution in [3.63, 3.8) is 0 Å². The third-order valence-electron chi connectivity index (χ3n) is 5.00. The smallest absolute Gasteiger partial charge is 0.0562 e. The van der Waals surface area contributed by atoms with Crippen LogP contribution < -0.4 is 0 Å². The van der Waals surface area contributed by atoms with E-state index in [4.69, 9.17) is 4.74 Å². The third kappa shape index (κ3) is 3.89. The maximum atomic E-state index is 6.11. The predicted octanol–water partition coefficient (Wildman–Crippen LogP) is 6.23. The van der Waals surface area contributed by atoms with Crippen molar-refractivity contribution in [2.45, 2.75) is 38.2 Å². The first-order chi connectivity index (χ1) is 12.8. The van der Waals surface area contributed by atoms with Crippen LogP contribution in [-0.2, 0) is 10.2 Å². The molecule has 0 aliphatic rings. The molecule has 3 rings (SSSR count). The summed E-state index contributed by atoms with van der Waals surface area (Å²) in [6.07, 6.45) is 2.11. The largest absolute Gasteiger partial charge is 0.378 e. The molecule has 0 fully saturated rings. The Balaban J connectivity index is 2.18. The van der Waals surface area contributed by atoms with Gasteiger partial charge in [-0.1, -0.05) is 97.9 Å². The molecule has 0 aromatic heterocycles. The SMILES string of the molecule is CCCOC(C)CC(c1ccccc1)(c1ccccc1)c1ccccc1. The van der Waals surface area contributed by atoms with Crippen LogP contribution in [0.15, 0.2) is 91.0 Å². The van der Waals surface area contributed by atoms with E-state index in [1.807, 2.05) is 0 Å². The van der Waals surface area contributed by atoms with Gasteiger partial charge in [0.2, 0.25) is 0 Å². The van der Waals surface area contributed by atoms with Crippen LogP contribution in [0.1, 0.15) is 43.4 Å². The van der Waals surface area contributed by atoms with E-state index in [9.17, 15) is 0 Å². The molecule has 0 bridgehead atoms. The lowest BCUT2D eigenvalue weighted by molar-refractivity contribution is 0.0517. The standard InChI is InChI=1S/C25H28O/c1-3-19-26-21(2)20-25(22-13-7-4-8-14-22,23-15-9-5-10-16-23)24-17-11-6-12-18-24/h4-18,21H,3,19-20H2,1-2H3. The topological polar surface area (TPSA) is 9.23 Å². The number of rotatable bonds is 8. The molecule has 3 aromatic carbocycles. The van der Waals surface area contributed by atoms with E-state index in [0.717, 1.165) is 19.4 Å². The van der Waals surface area contributed by atoms with Gasteiger partial charge >= 0.3 is 0 Å². The molecular weight excluding hydrogens is 316 g/mol. The van der Waals surface area contributed by atoms with Crippen LogP contribution in [0.4, 0.5) is 0 Å². The van der Waals surface area contributed by atoms with Crippen LogP contribution >= 0.6 is 0 Å². The Morgan fingerprint density at radius 2 is 1.08 bits per heavy atom. The first-order valence-electron chi connectivity index (χ1n) is 9.55. The molecule has 0 aliphatic carbocycles. The fourth-order valence-electron chi connectivity index (χ4n) is 3.83. The molecule has 0 aliphatic heterocycles. The van der Waals surface area contributed by atoms with Gasteiger partial charge in [-0.25, -0.2) is 0 Å². The molecule has 134 valence electrons. The van der Waals surface area contributed by atoms with Crippen molar-refractivity contribution in [2.24, 2.45) is 0 Å². The molecule has 26 heavy (non-hydrogen) atoms. The molecule has 1 nitrogen and oxygen atoms in total. The van der Waals surface area contributed by atoms with Gasteiger partial charge in [-0.05, 0) is 36.5 Å². The van der Waals surface area contributed by atoms with E-state index < -0.39 is 0 Å². The number of ether oxygens (including phenoxy) is 1. The summed E-state index contributed by atoms with van der Waals surface area (Å²) in [6, 6.07) is 32.5. The van der Waals surface area contributed by atoms with Crippen molar-refractivity contribution < 1.29 is 4.74 Å². The monoisotopic (exact) mass is 344 g/mol. The van der Waals surface area contributed by atoms with Crippen molar-refractivity contribution in [2.75, 3.05) is 6.61 Å². The average Bonchev–Trinajstić information content (AvgIpc) is 2.72. The number of hydrogen-bond donors (Lipinski definition) is 0. The van der Waals surface area contributed by atoms with Crippen molar-refractivity contribution in [1.82, 2.24) is 0 Å². The zero-order valence-corrected chi connectivity index (χ0v) is 15.8. The molecule has 0 saturated carbocycles. The van der Waals surface area contributed by atoms with Gasteiger partial charge < -0.3 is 4.74 Å². The second-order valence-electron chi connectivity index (χ2n) is 6.89. The minimum Gasteiger partial charge on any atom is -0.378 e. The highest BCUT2D eigenvalue weighted by atomic mass is 16.5. The van der Waals surface area contributed by atoms with Crippen LogP contribution in [0, 0.1) is 0 Å². The van der Waals surface area contributed by atoms with E-state index >= 15 is 0 Å². The average molecular weight is 344 g/mol. The van der Waals surface area contributed by atoms with Crippen LogP contribution in [-0.4, -0.2) is 12.7 Å². The maximum absolute atomic E-state index is 6.11. The summed E-state index contributed by atoms with van der Waals surface area (Å²) >= 11 is 0. The lowest BCUT2D eigenvalue weighted by Crippen LogP contribution is -2.34. The molecule has 0 spiro atoms. The van der Waals surface area contributed by atoms with Gasteiger partial charge in [0.05, 0.1) is 6.10 Å². The van der Waals surface area contributed by atoms with Crippen molar-refractivity contribution in [3.8, 4) is 0 Å². The summed E-state index contributed by atoms with van der Waals surface area (Å²) in [7, 11) is 0. The Bertz CT molecular complexity index is 668. The first kappa shape index (κ1) is 18.4. The van der Waals surface area contributed by atoms with Gasteiger partial charge in [-0.2, -0.15) is 0 Å². The fraction of sp³-hybridized carbons (Fsp3) is 0.280. The van der Waals surface area contributed by atoms with Crippen LogP contribution in [0.2, 0.25) is 0 Å². The Morgan fingerprint density at radius 3 is 1.42 bits per heavy atom. The van der Waals surface area contributed by atoms with E-state index in [-0.39, 0.29) is 11.5 Å². The summed E-state index contributed by atoms with van der Waals surface area (Å²) in [4.78, 5) is 0. The van der Waals surface area contributed by atoms with Crippen molar-refractivity contribution in [1.29, 1.82) is 0 Å². The normalized spacial score (nSPS) is 12.7. The Hall–Kier alpha value is -2.38. The van der Waals surface area contributed by atoms with Gasteiger partial charge in [-0.15, -0.1) is 0 Å². The zero-order valence-electron chi connectivity index (χ0n) is 15.8. The Morgan fingerprint density at radius 1 is 0.692 bits per heavy atom. The molecule has 1 heteroatoms. The number of hydrogen-bond acceptors (Lipinski definition) is 1. The second-order valence-corrected chi connectivity index (χ2v) is 6.89. The van der Waals surface area contributed by atoms with Crippen molar-refractivity contribution in [3.05, 3.63) is 108 Å². The number of benzene rings is 3. The minimum atomic E-state index is -0.225. The molecule has 0 amide bonds. The highest BCUT2D eigenvalue weighted by molar-refractivity contribution is 5.50. The van der Waals surface area contributed by atoms with Gasteiger partial charge in [0.1, 0.15) is 0 Å².